The number of nitrogens with one attached hydrogen (secondary N) is 1. The van der Waals surface area contributed by atoms with E-state index in [0.29, 0.717) is 23.1 Å². The Balaban J connectivity index is 1.69. The molecule has 11 heteroatoms. The van der Waals surface area contributed by atoms with Crippen LogP contribution < -0.4 is 17.0 Å². The first-order valence-corrected chi connectivity index (χ1v) is 11.4. The predicted molar refractivity (Wildman–Crippen MR) is 128 cm³/mol. The Morgan fingerprint density at radius 1 is 1.09 bits per heavy atom. The maximum atomic E-state index is 13.5. The summed E-state index contributed by atoms with van der Waals surface area (Å²) in [4.78, 5) is 39.5. The second kappa shape index (κ2) is 9.87. The Bertz CT molecular complexity index is 1440. The van der Waals surface area contributed by atoms with Gasteiger partial charge in [-0.05, 0) is 30.7 Å². The molecule has 0 aliphatic rings. The molecule has 0 aliphatic heterocycles. The van der Waals surface area contributed by atoms with Gasteiger partial charge in [-0.25, -0.2) is 9.18 Å². The zero-order valence-electron chi connectivity index (χ0n) is 18.2. The van der Waals surface area contributed by atoms with E-state index in [1.165, 1.54) is 16.7 Å². The molecule has 0 spiro atoms. The third-order valence-electron chi connectivity index (χ3n) is 5.05. The molecular formula is C23H21FN6O3S. The normalized spacial score (nSPS) is 11.0. The van der Waals surface area contributed by atoms with Gasteiger partial charge in [0, 0.05) is 17.8 Å². The quantitative estimate of drug-likeness (QED) is 0.293. The third-order valence-corrected chi connectivity index (χ3v) is 5.98. The summed E-state index contributed by atoms with van der Waals surface area (Å²) in [6.07, 6.45) is 0.599. The van der Waals surface area contributed by atoms with Crippen LogP contribution in [0.5, 0.6) is 0 Å². The van der Waals surface area contributed by atoms with Gasteiger partial charge in [0.05, 0.1) is 5.75 Å². The molecule has 0 saturated carbocycles. The molecule has 174 valence electrons. The van der Waals surface area contributed by atoms with Crippen LogP contribution in [0.1, 0.15) is 23.7 Å². The van der Waals surface area contributed by atoms with E-state index in [1.807, 2.05) is 37.3 Å². The fourth-order valence-electron chi connectivity index (χ4n) is 3.47. The molecule has 0 saturated heterocycles. The number of anilines is 1. The van der Waals surface area contributed by atoms with Crippen molar-refractivity contribution in [2.24, 2.45) is 0 Å². The average molecular weight is 481 g/mol. The van der Waals surface area contributed by atoms with Crippen LogP contribution in [0.2, 0.25) is 0 Å². The van der Waals surface area contributed by atoms with E-state index in [1.54, 1.807) is 16.7 Å². The number of nitrogens with two attached hydrogens (primary N) is 1. The lowest BCUT2D eigenvalue weighted by Crippen LogP contribution is -2.36. The first-order chi connectivity index (χ1) is 16.4. The predicted octanol–water partition coefficient (Wildman–Crippen LogP) is 2.89. The number of ketones is 1. The summed E-state index contributed by atoms with van der Waals surface area (Å²) in [6, 6.07) is 15.1. The van der Waals surface area contributed by atoms with Gasteiger partial charge in [-0.15, -0.1) is 10.2 Å². The molecule has 0 aliphatic carbocycles. The number of carbonyl (C=O) groups excluding carboxylic acids is 1. The Morgan fingerprint density at radius 3 is 2.47 bits per heavy atom. The third kappa shape index (κ3) is 4.55. The number of nitrogen functional groups attached to an aromatic ring is 1. The van der Waals surface area contributed by atoms with Gasteiger partial charge >= 0.3 is 5.69 Å². The molecule has 0 amide bonds. The van der Waals surface area contributed by atoms with Crippen LogP contribution in [0, 0.1) is 5.82 Å². The van der Waals surface area contributed by atoms with Crippen LogP contribution in [-0.4, -0.2) is 35.9 Å². The topological polar surface area (TPSA) is 129 Å². The molecule has 2 heterocycles. The van der Waals surface area contributed by atoms with Gasteiger partial charge in [-0.1, -0.05) is 49.0 Å². The number of rotatable bonds is 8. The van der Waals surface area contributed by atoms with E-state index in [0.717, 1.165) is 17.3 Å². The number of hydrogen-bond acceptors (Lipinski definition) is 7. The van der Waals surface area contributed by atoms with E-state index < -0.39 is 17.0 Å². The van der Waals surface area contributed by atoms with Gasteiger partial charge < -0.3 is 5.73 Å². The maximum absolute atomic E-state index is 13.5. The molecule has 0 atom stereocenters. The Hall–Kier alpha value is -3.99. The van der Waals surface area contributed by atoms with Crippen molar-refractivity contribution in [1.29, 1.82) is 0 Å². The van der Waals surface area contributed by atoms with Gasteiger partial charge in [0.15, 0.2) is 16.8 Å². The lowest BCUT2D eigenvalue weighted by atomic mass is 10.2. The summed E-state index contributed by atoms with van der Waals surface area (Å²) in [5, 5.41) is 8.86. The molecule has 4 rings (SSSR count). The van der Waals surface area contributed by atoms with Gasteiger partial charge in [-0.2, -0.15) is 0 Å². The highest BCUT2D eigenvalue weighted by Gasteiger charge is 2.22. The summed E-state index contributed by atoms with van der Waals surface area (Å²) in [7, 11) is 0. The molecule has 0 fully saturated rings. The van der Waals surface area contributed by atoms with Crippen molar-refractivity contribution in [3.8, 4) is 17.1 Å². The van der Waals surface area contributed by atoms with Crippen LogP contribution in [-0.2, 0) is 6.54 Å². The number of H-pyrrole nitrogens is 1. The van der Waals surface area contributed by atoms with Crippen LogP contribution in [0.3, 0.4) is 0 Å². The number of hydrogen-bond donors (Lipinski definition) is 2. The van der Waals surface area contributed by atoms with Crippen molar-refractivity contribution in [3.63, 3.8) is 0 Å². The summed E-state index contributed by atoms with van der Waals surface area (Å²) >= 11 is 1.06. The zero-order valence-corrected chi connectivity index (χ0v) is 19.0. The first-order valence-electron chi connectivity index (χ1n) is 10.5. The van der Waals surface area contributed by atoms with E-state index in [2.05, 4.69) is 15.2 Å². The molecule has 4 aromatic rings. The minimum atomic E-state index is -0.828. The van der Waals surface area contributed by atoms with Gasteiger partial charge in [0.1, 0.15) is 17.2 Å². The van der Waals surface area contributed by atoms with Gasteiger partial charge in [0.2, 0.25) is 0 Å². The van der Waals surface area contributed by atoms with Crippen molar-refractivity contribution in [3.05, 3.63) is 86.8 Å². The van der Waals surface area contributed by atoms with Crippen LogP contribution in [0.4, 0.5) is 10.2 Å². The maximum Gasteiger partial charge on any atom is 0.329 e. The number of nitrogens with zero attached hydrogens (tertiary/aromatic N) is 4. The van der Waals surface area contributed by atoms with Crippen molar-refractivity contribution in [2.45, 2.75) is 25.0 Å². The lowest BCUT2D eigenvalue weighted by molar-refractivity contribution is 0.102. The fourth-order valence-corrected chi connectivity index (χ4v) is 4.29. The Kier molecular flexibility index (Phi) is 6.73. The van der Waals surface area contributed by atoms with Crippen molar-refractivity contribution < 1.29 is 9.18 Å². The number of carbonyl (C=O) groups is 1. The second-order valence-corrected chi connectivity index (χ2v) is 8.31. The fraction of sp³-hybridized carbons (Fsp3) is 0.174. The molecular weight excluding hydrogens is 459 g/mol. The molecule has 3 N–H and O–H groups in total. The number of aromatic amines is 1. The largest absolute Gasteiger partial charge is 0.384 e. The summed E-state index contributed by atoms with van der Waals surface area (Å²) in [6.45, 7) is 2.12. The van der Waals surface area contributed by atoms with Crippen LogP contribution in [0.15, 0.2) is 69.3 Å². The highest BCUT2D eigenvalue weighted by atomic mass is 32.2. The molecule has 9 nitrogen and oxygen atoms in total. The van der Waals surface area contributed by atoms with E-state index >= 15 is 0 Å². The number of thioether (sulfide) groups is 1. The molecule has 2 aromatic heterocycles. The molecule has 0 radical (unpaired) electrons. The zero-order chi connectivity index (χ0) is 24.2. The monoisotopic (exact) mass is 480 g/mol. The molecule has 0 unspecified atom stereocenters. The van der Waals surface area contributed by atoms with Crippen LogP contribution in [0.25, 0.3) is 17.1 Å². The number of aromatic nitrogens is 5. The minimum Gasteiger partial charge on any atom is -0.384 e. The van der Waals surface area contributed by atoms with E-state index in [-0.39, 0.29) is 29.5 Å². The number of halogens is 1. The molecule has 2 aromatic carbocycles. The van der Waals surface area contributed by atoms with Gasteiger partial charge in [-0.3, -0.25) is 23.7 Å². The van der Waals surface area contributed by atoms with Crippen molar-refractivity contribution >= 4 is 23.4 Å². The Morgan fingerprint density at radius 2 is 1.79 bits per heavy atom. The highest BCUT2D eigenvalue weighted by molar-refractivity contribution is 7.99. The lowest BCUT2D eigenvalue weighted by Gasteiger charge is -2.12. The molecule has 34 heavy (non-hydrogen) atoms. The summed E-state index contributed by atoms with van der Waals surface area (Å²) in [5.41, 5.74) is 5.64. The smallest absolute Gasteiger partial charge is 0.329 e. The first kappa shape index (κ1) is 23.2. The number of benzene rings is 2. The SMILES string of the molecule is CCCn1c(N)c(C(=O)CSc2nnc(-c3ccccc3)n2-c2ccc(F)cc2)c(=O)[nH]c1=O. The Labute approximate surface area is 197 Å². The summed E-state index contributed by atoms with van der Waals surface area (Å²) in [5.74, 6) is -0.767. The van der Waals surface area contributed by atoms with Crippen LogP contribution >= 0.6 is 11.8 Å². The average Bonchev–Trinajstić information content (AvgIpc) is 3.25. The second-order valence-electron chi connectivity index (χ2n) is 7.37. The number of Topliss-reactive ketones (excluding diaryl/α,β-unsaturated/α-hetero) is 1. The van der Waals surface area contributed by atoms with Crippen molar-refractivity contribution in [1.82, 2.24) is 24.3 Å². The summed E-state index contributed by atoms with van der Waals surface area (Å²) < 4.78 is 16.4. The molecule has 0 bridgehead atoms. The van der Waals surface area contributed by atoms with E-state index in [4.69, 9.17) is 5.73 Å². The minimum absolute atomic E-state index is 0.161. The van der Waals surface area contributed by atoms with Crippen molar-refractivity contribution in [2.75, 3.05) is 11.5 Å². The highest BCUT2D eigenvalue weighted by Crippen LogP contribution is 2.28. The van der Waals surface area contributed by atoms with E-state index in [9.17, 15) is 18.8 Å². The van der Waals surface area contributed by atoms with Gasteiger partial charge in [0.25, 0.3) is 5.56 Å². The standard InChI is InChI=1S/C23H21FN6O3S/c1-2-12-29-19(25)18(21(32)26-22(29)33)17(31)13-34-23-28-27-20(14-6-4-3-5-7-14)30(23)16-10-8-15(24)9-11-16/h3-11H,2,12-13,25H2,1H3,(H,26,32,33).